The number of hydrogen-bond donors (Lipinski definition) is 1. The van der Waals surface area contributed by atoms with Crippen molar-refractivity contribution in [1.82, 2.24) is 15.5 Å². The summed E-state index contributed by atoms with van der Waals surface area (Å²) in [5.41, 5.74) is 1.11. The van der Waals surface area contributed by atoms with Crippen molar-refractivity contribution in [2.75, 3.05) is 7.05 Å². The van der Waals surface area contributed by atoms with Gasteiger partial charge in [-0.25, -0.2) is 0 Å². The van der Waals surface area contributed by atoms with E-state index in [4.69, 9.17) is 4.74 Å². The van der Waals surface area contributed by atoms with Crippen molar-refractivity contribution in [3.8, 4) is 10.9 Å². The van der Waals surface area contributed by atoms with Crippen LogP contribution in [0.1, 0.15) is 10.6 Å². The van der Waals surface area contributed by atoms with Crippen LogP contribution in [0.25, 0.3) is 0 Å². The zero-order valence-electron chi connectivity index (χ0n) is 9.23. The van der Waals surface area contributed by atoms with E-state index in [1.807, 2.05) is 38.2 Å². The normalized spacial score (nSPS) is 10.4. The molecule has 1 heterocycles. The first-order valence-electron chi connectivity index (χ1n) is 5.00. The molecule has 0 saturated carbocycles. The molecular weight excluding hydrogens is 222 g/mol. The number of ether oxygens (including phenoxy) is 1. The van der Waals surface area contributed by atoms with Gasteiger partial charge < -0.3 is 10.1 Å². The first kappa shape index (κ1) is 11.0. The van der Waals surface area contributed by atoms with E-state index in [1.165, 1.54) is 11.3 Å². The number of benzene rings is 1. The zero-order valence-corrected chi connectivity index (χ0v) is 10.0. The van der Waals surface area contributed by atoms with Gasteiger partial charge in [-0.3, -0.25) is 0 Å². The summed E-state index contributed by atoms with van der Waals surface area (Å²) in [4.78, 5) is 0. The number of hydrogen-bond acceptors (Lipinski definition) is 5. The van der Waals surface area contributed by atoms with Crippen LogP contribution < -0.4 is 10.1 Å². The maximum Gasteiger partial charge on any atom is 0.299 e. The summed E-state index contributed by atoms with van der Waals surface area (Å²) in [6.45, 7) is 2.68. The molecule has 2 rings (SSSR count). The van der Waals surface area contributed by atoms with Crippen LogP contribution in [0, 0.1) is 6.92 Å². The van der Waals surface area contributed by atoms with Crippen LogP contribution >= 0.6 is 11.3 Å². The van der Waals surface area contributed by atoms with Gasteiger partial charge in [0.05, 0.1) is 0 Å². The Hall–Kier alpha value is -1.46. The predicted octanol–water partition coefficient (Wildman–Crippen LogP) is 2.36. The minimum Gasteiger partial charge on any atom is -0.429 e. The van der Waals surface area contributed by atoms with Crippen LogP contribution in [0.15, 0.2) is 24.3 Å². The topological polar surface area (TPSA) is 47.0 Å². The molecule has 0 atom stereocenters. The molecule has 0 spiro atoms. The molecule has 5 heteroatoms. The summed E-state index contributed by atoms with van der Waals surface area (Å²) in [5.74, 6) is 0.827. The van der Waals surface area contributed by atoms with Crippen LogP contribution in [0.5, 0.6) is 10.9 Å². The largest absolute Gasteiger partial charge is 0.429 e. The average molecular weight is 235 g/mol. The van der Waals surface area contributed by atoms with Crippen molar-refractivity contribution in [2.45, 2.75) is 13.5 Å². The van der Waals surface area contributed by atoms with Crippen molar-refractivity contribution in [1.29, 1.82) is 0 Å². The fourth-order valence-electron chi connectivity index (χ4n) is 1.35. The Morgan fingerprint density at radius 3 is 2.81 bits per heavy atom. The molecule has 84 valence electrons. The highest BCUT2D eigenvalue weighted by atomic mass is 32.1. The van der Waals surface area contributed by atoms with Crippen molar-refractivity contribution < 1.29 is 4.74 Å². The number of para-hydroxylation sites is 1. The Morgan fingerprint density at radius 2 is 2.12 bits per heavy atom. The SMILES string of the molecule is CNCc1ccccc1Oc1nnc(C)s1. The lowest BCUT2D eigenvalue weighted by Crippen LogP contribution is -2.06. The maximum absolute atomic E-state index is 5.69. The lowest BCUT2D eigenvalue weighted by molar-refractivity contribution is 0.465. The first-order valence-corrected chi connectivity index (χ1v) is 5.81. The number of nitrogens with one attached hydrogen (secondary N) is 1. The van der Waals surface area contributed by atoms with Gasteiger partial charge in [-0.05, 0) is 20.0 Å². The van der Waals surface area contributed by atoms with Gasteiger partial charge >= 0.3 is 0 Å². The van der Waals surface area contributed by atoms with E-state index < -0.39 is 0 Å². The molecule has 0 fully saturated rings. The first-order chi connectivity index (χ1) is 7.79. The average Bonchev–Trinajstić information content (AvgIpc) is 2.67. The summed E-state index contributed by atoms with van der Waals surface area (Å²) in [6.07, 6.45) is 0. The van der Waals surface area contributed by atoms with E-state index in [-0.39, 0.29) is 0 Å². The third-order valence-electron chi connectivity index (χ3n) is 2.04. The number of nitrogens with zero attached hydrogens (tertiary/aromatic N) is 2. The monoisotopic (exact) mass is 235 g/mol. The van der Waals surface area contributed by atoms with E-state index in [0.717, 1.165) is 22.9 Å². The molecule has 1 N–H and O–H groups in total. The summed E-state index contributed by atoms with van der Waals surface area (Å²) < 4.78 is 5.69. The number of rotatable bonds is 4. The van der Waals surface area contributed by atoms with Crippen molar-refractivity contribution in [2.24, 2.45) is 0 Å². The molecule has 0 aliphatic carbocycles. The van der Waals surface area contributed by atoms with Crippen LogP contribution in [0.4, 0.5) is 0 Å². The third-order valence-corrected chi connectivity index (χ3v) is 2.76. The summed E-state index contributed by atoms with van der Waals surface area (Å²) in [6, 6.07) is 7.90. The second-order valence-corrected chi connectivity index (χ2v) is 4.47. The summed E-state index contributed by atoms with van der Waals surface area (Å²) >= 11 is 1.44. The number of aryl methyl sites for hydroxylation is 1. The Morgan fingerprint density at radius 1 is 1.31 bits per heavy atom. The molecule has 4 nitrogen and oxygen atoms in total. The Labute approximate surface area is 98.3 Å². The highest BCUT2D eigenvalue weighted by Crippen LogP contribution is 2.27. The Balaban J connectivity index is 2.20. The van der Waals surface area contributed by atoms with Gasteiger partial charge in [0.15, 0.2) is 0 Å². The standard InChI is InChI=1S/C11H13N3OS/c1-8-13-14-11(16-8)15-10-6-4-3-5-9(10)7-12-2/h3-6,12H,7H2,1-2H3. The minimum absolute atomic E-state index is 0.584. The molecule has 0 saturated heterocycles. The molecular formula is C11H13N3OS. The quantitative estimate of drug-likeness (QED) is 0.883. The second-order valence-electron chi connectivity index (χ2n) is 3.33. The zero-order chi connectivity index (χ0) is 11.4. The van der Waals surface area contributed by atoms with Crippen molar-refractivity contribution in [3.05, 3.63) is 34.8 Å². The molecule has 2 aromatic rings. The maximum atomic E-state index is 5.69. The molecule has 0 radical (unpaired) electrons. The van der Waals surface area contributed by atoms with Crippen LogP contribution in [-0.2, 0) is 6.54 Å². The highest BCUT2D eigenvalue weighted by Gasteiger charge is 2.06. The van der Waals surface area contributed by atoms with Gasteiger partial charge in [0.1, 0.15) is 10.8 Å². The molecule has 1 aromatic heterocycles. The second kappa shape index (κ2) is 5.05. The minimum atomic E-state index is 0.584. The smallest absolute Gasteiger partial charge is 0.299 e. The molecule has 0 bridgehead atoms. The summed E-state index contributed by atoms with van der Waals surface area (Å²) in [5, 5.41) is 12.4. The van der Waals surface area contributed by atoms with Gasteiger partial charge in [0.2, 0.25) is 0 Å². The highest BCUT2D eigenvalue weighted by molar-refractivity contribution is 7.13. The van der Waals surface area contributed by atoms with E-state index in [2.05, 4.69) is 15.5 Å². The molecule has 0 amide bonds. The lowest BCUT2D eigenvalue weighted by atomic mass is 10.2. The van der Waals surface area contributed by atoms with Gasteiger partial charge in [-0.1, -0.05) is 34.6 Å². The predicted molar refractivity (Wildman–Crippen MR) is 63.9 cm³/mol. The van der Waals surface area contributed by atoms with Crippen LogP contribution in [0.3, 0.4) is 0 Å². The molecule has 0 unspecified atom stereocenters. The Kier molecular flexibility index (Phi) is 3.48. The lowest BCUT2D eigenvalue weighted by Gasteiger charge is -2.07. The van der Waals surface area contributed by atoms with Crippen molar-refractivity contribution in [3.63, 3.8) is 0 Å². The van der Waals surface area contributed by atoms with E-state index in [0.29, 0.717) is 5.19 Å². The molecule has 1 aromatic carbocycles. The van der Waals surface area contributed by atoms with Crippen LogP contribution in [-0.4, -0.2) is 17.2 Å². The Bertz CT molecular complexity index is 470. The van der Waals surface area contributed by atoms with E-state index in [1.54, 1.807) is 0 Å². The van der Waals surface area contributed by atoms with E-state index >= 15 is 0 Å². The third kappa shape index (κ3) is 2.56. The molecule has 0 aliphatic rings. The van der Waals surface area contributed by atoms with Gasteiger partial charge in [0, 0.05) is 12.1 Å². The fourth-order valence-corrected chi connectivity index (χ4v) is 1.90. The van der Waals surface area contributed by atoms with E-state index in [9.17, 15) is 0 Å². The van der Waals surface area contributed by atoms with Gasteiger partial charge in [-0.2, -0.15) is 0 Å². The fraction of sp³-hybridized carbons (Fsp3) is 0.273. The van der Waals surface area contributed by atoms with Gasteiger partial charge in [-0.15, -0.1) is 5.10 Å². The van der Waals surface area contributed by atoms with Crippen LogP contribution in [0.2, 0.25) is 0 Å². The number of aromatic nitrogens is 2. The van der Waals surface area contributed by atoms with Crippen molar-refractivity contribution >= 4 is 11.3 Å². The summed E-state index contributed by atoms with van der Waals surface area (Å²) in [7, 11) is 1.91. The molecule has 0 aliphatic heterocycles. The molecule has 16 heavy (non-hydrogen) atoms. The van der Waals surface area contributed by atoms with Gasteiger partial charge in [0.25, 0.3) is 5.19 Å².